The number of aryl methyl sites for hydroxylation is 2. The van der Waals surface area contributed by atoms with Crippen LogP contribution in [0.25, 0.3) is 6.08 Å². The van der Waals surface area contributed by atoms with Crippen molar-refractivity contribution in [3.63, 3.8) is 0 Å². The Labute approximate surface area is 108 Å². The molecular weight excluding hydrogens is 226 g/mol. The Kier molecular flexibility index (Phi) is 3.84. The van der Waals surface area contributed by atoms with Crippen LogP contribution in [0, 0.1) is 13.8 Å². The van der Waals surface area contributed by atoms with E-state index < -0.39 is 0 Å². The molecule has 0 atom stereocenters. The molecule has 4 nitrogen and oxygen atoms in total. The van der Waals surface area contributed by atoms with Crippen molar-refractivity contribution in [2.45, 2.75) is 33.1 Å². The number of amides is 1. The van der Waals surface area contributed by atoms with Gasteiger partial charge in [0, 0.05) is 37.5 Å². The van der Waals surface area contributed by atoms with Crippen molar-refractivity contribution in [2.75, 3.05) is 13.1 Å². The summed E-state index contributed by atoms with van der Waals surface area (Å²) < 4.78 is 1.85. The highest BCUT2D eigenvalue weighted by atomic mass is 16.2. The van der Waals surface area contributed by atoms with Gasteiger partial charge in [-0.15, -0.1) is 0 Å². The molecule has 18 heavy (non-hydrogen) atoms. The quantitative estimate of drug-likeness (QED) is 0.750. The average molecular weight is 247 g/mol. The Hall–Kier alpha value is -1.58. The maximum atomic E-state index is 12.0. The molecule has 1 amide bonds. The molecular formula is C14H21N3O. The summed E-state index contributed by atoms with van der Waals surface area (Å²) in [6.07, 6.45) is 7.08. The van der Waals surface area contributed by atoms with Crippen LogP contribution in [0.15, 0.2) is 6.08 Å². The number of rotatable bonds is 2. The van der Waals surface area contributed by atoms with Crippen molar-refractivity contribution in [2.24, 2.45) is 7.05 Å². The summed E-state index contributed by atoms with van der Waals surface area (Å²) >= 11 is 0. The summed E-state index contributed by atoms with van der Waals surface area (Å²) in [6, 6.07) is 0. The molecule has 0 aromatic carbocycles. The molecule has 1 saturated heterocycles. The molecule has 0 aliphatic carbocycles. The van der Waals surface area contributed by atoms with E-state index in [0.717, 1.165) is 42.9 Å². The predicted molar refractivity (Wildman–Crippen MR) is 72.1 cm³/mol. The third-order valence-corrected chi connectivity index (χ3v) is 3.63. The average Bonchev–Trinajstić information content (AvgIpc) is 2.62. The number of piperidine rings is 1. The molecule has 2 rings (SSSR count). The van der Waals surface area contributed by atoms with Crippen LogP contribution < -0.4 is 0 Å². The van der Waals surface area contributed by atoms with Gasteiger partial charge >= 0.3 is 0 Å². The molecule has 1 aromatic heterocycles. The van der Waals surface area contributed by atoms with E-state index in [1.54, 1.807) is 6.08 Å². The summed E-state index contributed by atoms with van der Waals surface area (Å²) in [6.45, 7) is 5.78. The second kappa shape index (κ2) is 5.38. The molecule has 1 aromatic rings. The SMILES string of the molecule is Cc1nn(C)c(C)c1/C=C\C(=O)N1CCCCC1. The summed E-state index contributed by atoms with van der Waals surface area (Å²) in [5, 5.41) is 4.34. The van der Waals surface area contributed by atoms with E-state index in [9.17, 15) is 4.79 Å². The zero-order chi connectivity index (χ0) is 13.1. The number of likely N-dealkylation sites (tertiary alicyclic amines) is 1. The fraction of sp³-hybridized carbons (Fsp3) is 0.571. The van der Waals surface area contributed by atoms with Crippen molar-refractivity contribution in [3.05, 3.63) is 23.0 Å². The molecule has 4 heteroatoms. The first-order valence-corrected chi connectivity index (χ1v) is 6.57. The lowest BCUT2D eigenvalue weighted by Gasteiger charge is -2.25. The van der Waals surface area contributed by atoms with Crippen LogP contribution in [0.1, 0.15) is 36.2 Å². The lowest BCUT2D eigenvalue weighted by molar-refractivity contribution is -0.126. The standard InChI is InChI=1S/C14H21N3O/c1-11-13(12(2)16(3)15-11)7-8-14(18)17-9-5-4-6-10-17/h7-8H,4-6,9-10H2,1-3H3/b8-7-. The van der Waals surface area contributed by atoms with Gasteiger partial charge in [-0.1, -0.05) is 0 Å². The van der Waals surface area contributed by atoms with E-state index in [0.29, 0.717) is 0 Å². The topological polar surface area (TPSA) is 38.1 Å². The number of aromatic nitrogens is 2. The van der Waals surface area contributed by atoms with E-state index in [2.05, 4.69) is 5.10 Å². The van der Waals surface area contributed by atoms with Crippen LogP contribution >= 0.6 is 0 Å². The van der Waals surface area contributed by atoms with Crippen LogP contribution in [0.3, 0.4) is 0 Å². The van der Waals surface area contributed by atoms with Crippen LogP contribution in [0.4, 0.5) is 0 Å². The highest BCUT2D eigenvalue weighted by Gasteiger charge is 2.14. The van der Waals surface area contributed by atoms with Crippen molar-refractivity contribution < 1.29 is 4.79 Å². The monoisotopic (exact) mass is 247 g/mol. The summed E-state index contributed by atoms with van der Waals surface area (Å²) in [5.74, 6) is 0.123. The van der Waals surface area contributed by atoms with Gasteiger partial charge < -0.3 is 4.90 Å². The fourth-order valence-electron chi connectivity index (χ4n) is 2.41. The first-order valence-electron chi connectivity index (χ1n) is 6.57. The molecule has 0 unspecified atom stereocenters. The normalized spacial score (nSPS) is 16.5. The van der Waals surface area contributed by atoms with Crippen molar-refractivity contribution in [1.29, 1.82) is 0 Å². The van der Waals surface area contributed by atoms with Gasteiger partial charge in [-0.25, -0.2) is 0 Å². The second-order valence-corrected chi connectivity index (χ2v) is 4.93. The maximum absolute atomic E-state index is 12.0. The van der Waals surface area contributed by atoms with Crippen LogP contribution in [0.5, 0.6) is 0 Å². The van der Waals surface area contributed by atoms with Crippen molar-refractivity contribution in [3.8, 4) is 0 Å². The van der Waals surface area contributed by atoms with Gasteiger partial charge in [0.1, 0.15) is 0 Å². The molecule has 98 valence electrons. The lowest BCUT2D eigenvalue weighted by atomic mass is 10.1. The largest absolute Gasteiger partial charge is 0.339 e. The first-order chi connectivity index (χ1) is 8.59. The minimum absolute atomic E-state index is 0.123. The Morgan fingerprint density at radius 1 is 1.22 bits per heavy atom. The van der Waals surface area contributed by atoms with Gasteiger partial charge in [0.15, 0.2) is 0 Å². The molecule has 0 saturated carbocycles. The van der Waals surface area contributed by atoms with E-state index in [-0.39, 0.29) is 5.91 Å². The van der Waals surface area contributed by atoms with Crippen molar-refractivity contribution >= 4 is 12.0 Å². The number of hydrogen-bond acceptors (Lipinski definition) is 2. The maximum Gasteiger partial charge on any atom is 0.246 e. The van der Waals surface area contributed by atoms with E-state index in [1.165, 1.54) is 6.42 Å². The minimum Gasteiger partial charge on any atom is -0.339 e. The zero-order valence-electron chi connectivity index (χ0n) is 11.4. The Bertz CT molecular complexity index is 468. The summed E-state index contributed by atoms with van der Waals surface area (Å²) in [5.41, 5.74) is 3.12. The molecule has 0 spiro atoms. The summed E-state index contributed by atoms with van der Waals surface area (Å²) in [7, 11) is 1.92. The Balaban J connectivity index is 2.08. The second-order valence-electron chi connectivity index (χ2n) is 4.93. The van der Waals surface area contributed by atoms with Crippen LogP contribution in [-0.2, 0) is 11.8 Å². The van der Waals surface area contributed by atoms with Gasteiger partial charge in [-0.3, -0.25) is 9.48 Å². The highest BCUT2D eigenvalue weighted by molar-refractivity contribution is 5.92. The third-order valence-electron chi connectivity index (χ3n) is 3.63. The summed E-state index contributed by atoms with van der Waals surface area (Å²) in [4.78, 5) is 13.9. The molecule has 1 aliphatic rings. The fourth-order valence-corrected chi connectivity index (χ4v) is 2.41. The number of carbonyl (C=O) groups excluding carboxylic acids is 1. The third kappa shape index (κ3) is 2.63. The predicted octanol–water partition coefficient (Wildman–Crippen LogP) is 2.06. The molecule has 0 N–H and O–H groups in total. The molecule has 1 aliphatic heterocycles. The van der Waals surface area contributed by atoms with Crippen LogP contribution in [-0.4, -0.2) is 33.7 Å². The molecule has 2 heterocycles. The molecule has 0 radical (unpaired) electrons. The lowest BCUT2D eigenvalue weighted by Crippen LogP contribution is -2.34. The number of nitrogens with zero attached hydrogens (tertiary/aromatic N) is 3. The van der Waals surface area contributed by atoms with E-state index in [1.807, 2.05) is 36.6 Å². The minimum atomic E-state index is 0.123. The van der Waals surface area contributed by atoms with Gasteiger partial charge in [0.2, 0.25) is 5.91 Å². The van der Waals surface area contributed by atoms with Crippen LogP contribution in [0.2, 0.25) is 0 Å². The zero-order valence-corrected chi connectivity index (χ0v) is 11.4. The Morgan fingerprint density at radius 3 is 2.44 bits per heavy atom. The highest BCUT2D eigenvalue weighted by Crippen LogP contribution is 2.15. The number of carbonyl (C=O) groups is 1. The van der Waals surface area contributed by atoms with E-state index in [4.69, 9.17) is 0 Å². The van der Waals surface area contributed by atoms with Gasteiger partial charge in [-0.2, -0.15) is 5.10 Å². The number of hydrogen-bond donors (Lipinski definition) is 0. The van der Waals surface area contributed by atoms with Crippen molar-refractivity contribution in [1.82, 2.24) is 14.7 Å². The Morgan fingerprint density at radius 2 is 1.89 bits per heavy atom. The van der Waals surface area contributed by atoms with Gasteiger partial charge in [-0.05, 0) is 39.2 Å². The van der Waals surface area contributed by atoms with Gasteiger partial charge in [0.05, 0.1) is 5.69 Å². The van der Waals surface area contributed by atoms with E-state index >= 15 is 0 Å². The smallest absolute Gasteiger partial charge is 0.246 e. The molecule has 0 bridgehead atoms. The van der Waals surface area contributed by atoms with Gasteiger partial charge in [0.25, 0.3) is 0 Å². The first kappa shape index (κ1) is 12.9. The molecule has 1 fully saturated rings.